The Hall–Kier alpha value is -1.34. The lowest BCUT2D eigenvalue weighted by atomic mass is 10.1. The highest BCUT2D eigenvalue weighted by atomic mass is 16.7. The Morgan fingerprint density at radius 2 is 2.11 bits per heavy atom. The second-order valence-corrected chi connectivity index (χ2v) is 5.52. The molecule has 1 aliphatic carbocycles. The zero-order valence-electron chi connectivity index (χ0n) is 11.2. The number of morpholine rings is 1. The Kier molecular flexibility index (Phi) is 3.96. The average molecular weight is 272 g/mol. The number of carboxylic acid groups (broad SMARTS) is 1. The maximum Gasteiger partial charge on any atom is 0.341 e. The number of hydrogen-bond donors (Lipinski definition) is 2. The molecule has 1 saturated carbocycles. The monoisotopic (exact) mass is 272 g/mol. The molecule has 2 fully saturated rings. The van der Waals surface area contributed by atoms with Gasteiger partial charge < -0.3 is 14.7 Å². The normalized spacial score (nSPS) is 24.1. The van der Waals surface area contributed by atoms with Gasteiger partial charge >= 0.3 is 12.0 Å². The number of rotatable bonds is 4. The van der Waals surface area contributed by atoms with Crippen LogP contribution in [0.2, 0.25) is 0 Å². The van der Waals surface area contributed by atoms with Crippen molar-refractivity contribution in [2.75, 3.05) is 19.7 Å². The molecule has 2 rings (SSSR count). The van der Waals surface area contributed by atoms with Crippen molar-refractivity contribution in [1.82, 2.24) is 10.4 Å². The van der Waals surface area contributed by atoms with Gasteiger partial charge in [-0.15, -0.1) is 0 Å². The number of carboxylic acids is 1. The Labute approximate surface area is 111 Å². The molecule has 2 amide bonds. The van der Waals surface area contributed by atoms with Gasteiger partial charge in [0.2, 0.25) is 0 Å². The molecule has 1 unspecified atom stereocenters. The number of amides is 2. The van der Waals surface area contributed by atoms with Gasteiger partial charge in [0.25, 0.3) is 0 Å². The number of nitrogens with one attached hydrogen (secondary N) is 1. The molecule has 7 nitrogen and oxygen atoms in total. The molecule has 0 spiro atoms. The van der Waals surface area contributed by atoms with Crippen LogP contribution in [-0.4, -0.2) is 53.4 Å². The van der Waals surface area contributed by atoms with Crippen molar-refractivity contribution in [3.63, 3.8) is 0 Å². The van der Waals surface area contributed by atoms with E-state index in [9.17, 15) is 9.59 Å². The van der Waals surface area contributed by atoms with E-state index in [2.05, 4.69) is 5.48 Å². The maximum absolute atomic E-state index is 11.9. The minimum absolute atomic E-state index is 0.104. The van der Waals surface area contributed by atoms with E-state index in [1.165, 1.54) is 13.8 Å². The molecule has 0 radical (unpaired) electrons. The topological polar surface area (TPSA) is 88.1 Å². The molecule has 19 heavy (non-hydrogen) atoms. The van der Waals surface area contributed by atoms with E-state index in [1.54, 1.807) is 4.90 Å². The number of nitrogens with zero attached hydrogens (tertiary/aromatic N) is 1. The molecule has 2 N–H and O–H groups in total. The summed E-state index contributed by atoms with van der Waals surface area (Å²) < 4.78 is 5.61. The van der Waals surface area contributed by atoms with Gasteiger partial charge in [-0.1, -0.05) is 0 Å². The predicted octanol–water partition coefficient (Wildman–Crippen LogP) is 0.602. The molecule has 0 bridgehead atoms. The highest BCUT2D eigenvalue weighted by Crippen LogP contribution is 2.35. The standard InChI is InChI=1S/C12H20N2O5/c1-12(2,10(15)16)19-13-11(17)14-5-6-18-9(7-14)8-3-4-8/h8-9H,3-7H2,1-2H3,(H,13,17)(H,15,16). The van der Waals surface area contributed by atoms with Crippen LogP contribution in [0.1, 0.15) is 26.7 Å². The zero-order chi connectivity index (χ0) is 14.0. The summed E-state index contributed by atoms with van der Waals surface area (Å²) in [6.07, 6.45) is 2.41. The van der Waals surface area contributed by atoms with Crippen LogP contribution in [0.15, 0.2) is 0 Å². The summed E-state index contributed by atoms with van der Waals surface area (Å²) in [7, 11) is 0. The fourth-order valence-electron chi connectivity index (χ4n) is 1.89. The molecule has 0 aromatic rings. The molecule has 1 aliphatic heterocycles. The third-order valence-electron chi connectivity index (χ3n) is 3.44. The second kappa shape index (κ2) is 5.34. The minimum atomic E-state index is -1.45. The van der Waals surface area contributed by atoms with Crippen molar-refractivity contribution in [3.05, 3.63) is 0 Å². The fourth-order valence-corrected chi connectivity index (χ4v) is 1.89. The molecule has 7 heteroatoms. The number of aliphatic carboxylic acids is 1. The summed E-state index contributed by atoms with van der Waals surface area (Å²) in [5.74, 6) is -0.572. The third-order valence-corrected chi connectivity index (χ3v) is 3.44. The van der Waals surface area contributed by atoms with Crippen molar-refractivity contribution in [1.29, 1.82) is 0 Å². The average Bonchev–Trinajstić information content (AvgIpc) is 3.20. The van der Waals surface area contributed by atoms with Gasteiger partial charge in [-0.05, 0) is 32.6 Å². The fraction of sp³-hybridized carbons (Fsp3) is 0.833. The summed E-state index contributed by atoms with van der Waals surface area (Å²) in [5, 5.41) is 8.88. The Balaban J connectivity index is 1.80. The summed E-state index contributed by atoms with van der Waals surface area (Å²) >= 11 is 0. The molecular formula is C12H20N2O5. The maximum atomic E-state index is 11.9. The minimum Gasteiger partial charge on any atom is -0.479 e. The molecular weight excluding hydrogens is 252 g/mol. The number of carbonyl (C=O) groups excluding carboxylic acids is 1. The molecule has 1 atom stereocenters. The first kappa shape index (κ1) is 14.1. The van der Waals surface area contributed by atoms with Gasteiger partial charge in [-0.25, -0.2) is 15.1 Å². The van der Waals surface area contributed by atoms with E-state index in [0.29, 0.717) is 25.6 Å². The number of ether oxygens (including phenoxy) is 1. The smallest absolute Gasteiger partial charge is 0.341 e. The van der Waals surface area contributed by atoms with Gasteiger partial charge in [0.1, 0.15) is 0 Å². The van der Waals surface area contributed by atoms with E-state index in [-0.39, 0.29) is 6.10 Å². The third kappa shape index (κ3) is 3.57. The van der Waals surface area contributed by atoms with E-state index in [4.69, 9.17) is 14.7 Å². The molecule has 1 heterocycles. The van der Waals surface area contributed by atoms with Crippen LogP contribution in [0.25, 0.3) is 0 Å². The van der Waals surface area contributed by atoms with Crippen LogP contribution in [0.4, 0.5) is 4.79 Å². The summed E-state index contributed by atoms with van der Waals surface area (Å²) in [6.45, 7) is 4.29. The molecule has 0 aromatic carbocycles. The lowest BCUT2D eigenvalue weighted by Gasteiger charge is -2.33. The number of hydrogen-bond acceptors (Lipinski definition) is 4. The van der Waals surface area contributed by atoms with Gasteiger partial charge in [-0.2, -0.15) is 0 Å². The second-order valence-electron chi connectivity index (χ2n) is 5.52. The highest BCUT2D eigenvalue weighted by molar-refractivity contribution is 5.77. The Morgan fingerprint density at radius 1 is 1.42 bits per heavy atom. The summed E-state index contributed by atoms with van der Waals surface area (Å²) in [5.41, 5.74) is 0.758. The van der Waals surface area contributed by atoms with Crippen molar-refractivity contribution >= 4 is 12.0 Å². The van der Waals surface area contributed by atoms with Crippen molar-refractivity contribution in [2.45, 2.75) is 38.4 Å². The summed E-state index contributed by atoms with van der Waals surface area (Å²) in [6, 6.07) is -0.414. The first-order valence-corrected chi connectivity index (χ1v) is 6.48. The zero-order valence-corrected chi connectivity index (χ0v) is 11.2. The predicted molar refractivity (Wildman–Crippen MR) is 65.4 cm³/mol. The van der Waals surface area contributed by atoms with Crippen molar-refractivity contribution in [2.24, 2.45) is 5.92 Å². The summed E-state index contributed by atoms with van der Waals surface area (Å²) in [4.78, 5) is 29.3. The van der Waals surface area contributed by atoms with Crippen molar-refractivity contribution < 1.29 is 24.3 Å². The van der Waals surface area contributed by atoms with Crippen LogP contribution < -0.4 is 5.48 Å². The molecule has 0 aromatic heterocycles. The van der Waals surface area contributed by atoms with Crippen LogP contribution in [0.5, 0.6) is 0 Å². The van der Waals surface area contributed by atoms with E-state index >= 15 is 0 Å². The molecule has 2 aliphatic rings. The van der Waals surface area contributed by atoms with Gasteiger partial charge in [0.15, 0.2) is 5.60 Å². The van der Waals surface area contributed by atoms with Crippen molar-refractivity contribution in [3.8, 4) is 0 Å². The lowest BCUT2D eigenvalue weighted by Crippen LogP contribution is -2.52. The SMILES string of the molecule is CC(C)(ONC(=O)N1CCOC(C2CC2)C1)C(=O)O. The van der Waals surface area contributed by atoms with E-state index < -0.39 is 17.6 Å². The van der Waals surface area contributed by atoms with Crippen LogP contribution in [0.3, 0.4) is 0 Å². The van der Waals surface area contributed by atoms with Gasteiger partial charge in [0, 0.05) is 13.1 Å². The lowest BCUT2D eigenvalue weighted by molar-refractivity contribution is -0.168. The quantitative estimate of drug-likeness (QED) is 0.732. The first-order chi connectivity index (χ1) is 8.90. The first-order valence-electron chi connectivity index (χ1n) is 6.48. The molecule has 108 valence electrons. The molecule has 1 saturated heterocycles. The number of hydroxylamine groups is 1. The Bertz CT molecular complexity index is 367. The van der Waals surface area contributed by atoms with Crippen LogP contribution in [0, 0.1) is 5.92 Å². The van der Waals surface area contributed by atoms with Gasteiger partial charge in [-0.3, -0.25) is 4.84 Å². The Morgan fingerprint density at radius 3 is 2.68 bits per heavy atom. The van der Waals surface area contributed by atoms with E-state index in [1.807, 2.05) is 0 Å². The highest BCUT2D eigenvalue weighted by Gasteiger charge is 2.37. The van der Waals surface area contributed by atoms with Gasteiger partial charge in [0.05, 0.1) is 12.7 Å². The number of carbonyl (C=O) groups is 2. The van der Waals surface area contributed by atoms with Crippen LogP contribution in [-0.2, 0) is 14.4 Å². The van der Waals surface area contributed by atoms with Crippen LogP contribution >= 0.6 is 0 Å². The largest absolute Gasteiger partial charge is 0.479 e. The number of urea groups is 1. The van der Waals surface area contributed by atoms with E-state index in [0.717, 1.165) is 12.8 Å².